The highest BCUT2D eigenvalue weighted by molar-refractivity contribution is 7.91. The van der Waals surface area contributed by atoms with Crippen molar-refractivity contribution in [3.63, 3.8) is 0 Å². The van der Waals surface area contributed by atoms with E-state index >= 15 is 0 Å². The zero-order chi connectivity index (χ0) is 27.6. The van der Waals surface area contributed by atoms with Crippen LogP contribution in [-0.4, -0.2) is 55.2 Å². The second kappa shape index (κ2) is 10.9. The fourth-order valence-corrected chi connectivity index (χ4v) is 5.29. The van der Waals surface area contributed by atoms with Gasteiger partial charge in [0.2, 0.25) is 11.8 Å². The van der Waals surface area contributed by atoms with Gasteiger partial charge in [-0.15, -0.1) is 0 Å². The van der Waals surface area contributed by atoms with Gasteiger partial charge in [-0.05, 0) is 43.2 Å². The lowest BCUT2D eigenvalue weighted by atomic mass is 10.0. The lowest BCUT2D eigenvalue weighted by molar-refractivity contribution is -0.130. The Morgan fingerprint density at radius 2 is 1.71 bits per heavy atom. The van der Waals surface area contributed by atoms with Crippen LogP contribution in [0.4, 0.5) is 11.4 Å². The molecule has 2 heterocycles. The number of para-hydroxylation sites is 3. The number of hydrogen-bond acceptors (Lipinski definition) is 6. The van der Waals surface area contributed by atoms with Crippen molar-refractivity contribution < 1.29 is 22.8 Å². The van der Waals surface area contributed by atoms with Crippen LogP contribution in [-0.2, 0) is 30.8 Å². The van der Waals surface area contributed by atoms with Crippen molar-refractivity contribution in [3.05, 3.63) is 66.4 Å². The molecule has 0 spiro atoms. The summed E-state index contributed by atoms with van der Waals surface area (Å²) in [5, 5.41) is 3.74. The van der Waals surface area contributed by atoms with E-state index < -0.39 is 39.5 Å². The Morgan fingerprint density at radius 3 is 2.39 bits per heavy atom. The van der Waals surface area contributed by atoms with E-state index in [4.69, 9.17) is 0 Å². The molecule has 1 aliphatic rings. The van der Waals surface area contributed by atoms with Crippen molar-refractivity contribution in [2.75, 3.05) is 21.8 Å². The minimum absolute atomic E-state index is 0.162. The maximum atomic E-state index is 14.2. The van der Waals surface area contributed by atoms with Crippen LogP contribution in [0.2, 0.25) is 0 Å². The quantitative estimate of drug-likeness (QED) is 0.496. The summed E-state index contributed by atoms with van der Waals surface area (Å²) in [7, 11) is -3.65. The van der Waals surface area contributed by atoms with Gasteiger partial charge < -0.3 is 15.1 Å². The van der Waals surface area contributed by atoms with Crippen molar-refractivity contribution in [2.24, 2.45) is 5.92 Å². The molecule has 9 nitrogen and oxygen atoms in total. The number of aromatic nitrogens is 1. The molecule has 0 aliphatic carbocycles. The standard InChI is InChI=1S/C28H32N4O5S/c1-5-18(2)27(34)30-26-19(3)32(25(33)17-38(4,36)37)24-13-9-8-12-23(24)31(28(26)35)16-20-14-15-29-22-11-7-6-10-21(20)22/h6-15,18-19,26H,5,16-17H2,1-4H3,(H,30,34)/t18-,19+,26+/m1/s1. The van der Waals surface area contributed by atoms with Crippen LogP contribution < -0.4 is 15.1 Å². The Kier molecular flexibility index (Phi) is 7.82. The average molecular weight is 537 g/mol. The summed E-state index contributed by atoms with van der Waals surface area (Å²) in [5.41, 5.74) is 2.47. The maximum absolute atomic E-state index is 14.2. The molecule has 3 amide bonds. The van der Waals surface area contributed by atoms with Crippen LogP contribution in [0.3, 0.4) is 0 Å². The topological polar surface area (TPSA) is 117 Å². The van der Waals surface area contributed by atoms with Crippen LogP contribution in [0, 0.1) is 5.92 Å². The molecule has 1 aliphatic heterocycles. The van der Waals surface area contributed by atoms with Crippen molar-refractivity contribution in [1.82, 2.24) is 10.3 Å². The van der Waals surface area contributed by atoms with E-state index in [1.54, 1.807) is 49.2 Å². The minimum atomic E-state index is -3.65. The third kappa shape index (κ3) is 5.55. The summed E-state index contributed by atoms with van der Waals surface area (Å²) >= 11 is 0. The average Bonchev–Trinajstić information content (AvgIpc) is 2.96. The number of nitrogens with zero attached hydrogens (tertiary/aromatic N) is 3. The van der Waals surface area contributed by atoms with E-state index in [9.17, 15) is 22.8 Å². The van der Waals surface area contributed by atoms with Gasteiger partial charge in [0.15, 0.2) is 9.84 Å². The molecule has 38 heavy (non-hydrogen) atoms. The normalized spacial score (nSPS) is 18.6. The summed E-state index contributed by atoms with van der Waals surface area (Å²) in [6.07, 6.45) is 3.25. The molecular weight excluding hydrogens is 504 g/mol. The van der Waals surface area contributed by atoms with Gasteiger partial charge in [-0.25, -0.2) is 8.42 Å². The summed E-state index contributed by atoms with van der Waals surface area (Å²) in [4.78, 5) is 47.9. The number of pyridine rings is 1. The lowest BCUT2D eigenvalue weighted by Crippen LogP contribution is -2.58. The third-order valence-electron chi connectivity index (χ3n) is 6.93. The third-order valence-corrected chi connectivity index (χ3v) is 7.71. The Hall–Kier alpha value is -3.79. The minimum Gasteiger partial charge on any atom is -0.342 e. The highest BCUT2D eigenvalue weighted by Crippen LogP contribution is 2.37. The molecule has 0 saturated heterocycles. The number of hydrogen-bond donors (Lipinski definition) is 1. The number of carbonyl (C=O) groups is 3. The van der Waals surface area contributed by atoms with Crippen LogP contribution in [0.15, 0.2) is 60.8 Å². The molecule has 4 rings (SSSR count). The molecule has 0 unspecified atom stereocenters. The number of amides is 3. The molecule has 0 saturated carbocycles. The number of benzene rings is 2. The van der Waals surface area contributed by atoms with E-state index in [-0.39, 0.29) is 18.4 Å². The predicted molar refractivity (Wildman–Crippen MR) is 147 cm³/mol. The molecule has 1 N–H and O–H groups in total. The second-order valence-electron chi connectivity index (χ2n) is 9.77. The largest absolute Gasteiger partial charge is 0.342 e. The molecular formula is C28H32N4O5S. The first-order chi connectivity index (χ1) is 18.0. The van der Waals surface area contributed by atoms with E-state index in [2.05, 4.69) is 10.3 Å². The Morgan fingerprint density at radius 1 is 1.05 bits per heavy atom. The number of nitrogens with one attached hydrogen (secondary N) is 1. The van der Waals surface area contributed by atoms with Crippen LogP contribution in [0.25, 0.3) is 10.9 Å². The maximum Gasteiger partial charge on any atom is 0.252 e. The fourth-order valence-electron chi connectivity index (χ4n) is 4.70. The molecule has 200 valence electrons. The van der Waals surface area contributed by atoms with Gasteiger partial charge in [-0.1, -0.05) is 44.2 Å². The van der Waals surface area contributed by atoms with E-state index in [0.29, 0.717) is 17.8 Å². The highest BCUT2D eigenvalue weighted by atomic mass is 32.2. The van der Waals surface area contributed by atoms with Gasteiger partial charge in [0.25, 0.3) is 5.91 Å². The Balaban J connectivity index is 1.87. The van der Waals surface area contributed by atoms with E-state index in [1.165, 1.54) is 4.90 Å². The first-order valence-electron chi connectivity index (χ1n) is 12.5. The van der Waals surface area contributed by atoms with Crippen LogP contribution in [0.1, 0.15) is 32.8 Å². The van der Waals surface area contributed by atoms with Crippen LogP contribution in [0.5, 0.6) is 0 Å². The van der Waals surface area contributed by atoms with Gasteiger partial charge >= 0.3 is 0 Å². The van der Waals surface area contributed by atoms with Gasteiger partial charge in [-0.2, -0.15) is 0 Å². The summed E-state index contributed by atoms with van der Waals surface area (Å²) in [6, 6.07) is 14.4. The zero-order valence-corrected chi connectivity index (χ0v) is 22.7. The molecule has 0 fully saturated rings. The van der Waals surface area contributed by atoms with E-state index in [1.807, 2.05) is 37.3 Å². The van der Waals surface area contributed by atoms with Gasteiger partial charge in [0.05, 0.1) is 29.5 Å². The highest BCUT2D eigenvalue weighted by Gasteiger charge is 2.42. The van der Waals surface area contributed by atoms with Gasteiger partial charge in [-0.3, -0.25) is 19.4 Å². The first-order valence-corrected chi connectivity index (χ1v) is 14.6. The first kappa shape index (κ1) is 27.3. The number of carbonyl (C=O) groups excluding carboxylic acids is 3. The molecule has 10 heteroatoms. The van der Waals surface area contributed by atoms with Gasteiger partial charge in [0, 0.05) is 23.8 Å². The molecule has 1 aromatic heterocycles. The molecule has 0 bridgehead atoms. The van der Waals surface area contributed by atoms with Crippen molar-refractivity contribution in [1.29, 1.82) is 0 Å². The molecule has 3 atom stereocenters. The van der Waals surface area contributed by atoms with Crippen molar-refractivity contribution in [2.45, 2.75) is 45.8 Å². The summed E-state index contributed by atoms with van der Waals surface area (Å²) in [5.74, 6) is -2.44. The van der Waals surface area contributed by atoms with Crippen LogP contribution >= 0.6 is 0 Å². The molecule has 0 radical (unpaired) electrons. The number of rotatable bonds is 7. The van der Waals surface area contributed by atoms with Crippen molar-refractivity contribution in [3.8, 4) is 0 Å². The Bertz CT molecular complexity index is 1480. The summed E-state index contributed by atoms with van der Waals surface area (Å²) in [6.45, 7) is 5.46. The number of sulfone groups is 1. The number of anilines is 2. The second-order valence-corrected chi connectivity index (χ2v) is 11.9. The van der Waals surface area contributed by atoms with Gasteiger partial charge in [0.1, 0.15) is 11.8 Å². The SMILES string of the molecule is CC[C@@H](C)C(=O)N[C@@H]1C(=O)N(Cc2ccnc3ccccc23)c2ccccc2N(C(=O)CS(C)(=O)=O)[C@H]1C. The Labute approximate surface area is 222 Å². The molecule has 2 aromatic carbocycles. The van der Waals surface area contributed by atoms with Crippen molar-refractivity contribution >= 4 is 49.8 Å². The monoisotopic (exact) mass is 536 g/mol. The zero-order valence-electron chi connectivity index (χ0n) is 21.9. The summed E-state index contributed by atoms with van der Waals surface area (Å²) < 4.78 is 24.1. The number of fused-ring (bicyclic) bond motifs is 2. The molecule has 3 aromatic rings. The fraction of sp³-hybridized carbons (Fsp3) is 0.357. The predicted octanol–water partition coefficient (Wildman–Crippen LogP) is 3.08. The van der Waals surface area contributed by atoms with E-state index in [0.717, 1.165) is 22.7 Å². The lowest BCUT2D eigenvalue weighted by Gasteiger charge is -2.32. The smallest absolute Gasteiger partial charge is 0.252 e.